The predicted molar refractivity (Wildman–Crippen MR) is 110 cm³/mol. The van der Waals surface area contributed by atoms with E-state index >= 15 is 0 Å². The molecule has 0 amide bonds. The van der Waals surface area contributed by atoms with Gasteiger partial charge in [-0.2, -0.15) is 5.26 Å². The van der Waals surface area contributed by atoms with Crippen molar-refractivity contribution in [3.05, 3.63) is 80.7 Å². The second kappa shape index (κ2) is 7.99. The number of ether oxygens (including phenoxy) is 1. The van der Waals surface area contributed by atoms with Crippen molar-refractivity contribution >= 4 is 34.4 Å². The SMILES string of the molecule is COC(=O)C1=NC(c2ccc(Cl)cc2)C(c2cc(=O)oc3cc(C#N)ccc23)NN1. The van der Waals surface area contributed by atoms with Crippen molar-refractivity contribution in [1.29, 1.82) is 5.26 Å². The maximum absolute atomic E-state index is 12.2. The molecule has 150 valence electrons. The molecule has 2 aromatic carbocycles. The standard InChI is InChI=1S/C21H15ClN4O4/c1-29-21(28)20-24-18(12-3-5-13(22)6-4-12)19(25-26-20)15-9-17(27)30-16-8-11(10-23)2-7-14(15)16/h2-9,18-19,25H,1H3,(H,24,26). The summed E-state index contributed by atoms with van der Waals surface area (Å²) in [5, 5.41) is 10.3. The van der Waals surface area contributed by atoms with Crippen LogP contribution in [-0.2, 0) is 9.53 Å². The monoisotopic (exact) mass is 422 g/mol. The van der Waals surface area contributed by atoms with E-state index in [0.29, 0.717) is 21.5 Å². The van der Waals surface area contributed by atoms with E-state index in [1.807, 2.05) is 6.07 Å². The summed E-state index contributed by atoms with van der Waals surface area (Å²) < 4.78 is 10.0. The molecule has 0 saturated carbocycles. The van der Waals surface area contributed by atoms with Gasteiger partial charge in [0, 0.05) is 16.5 Å². The normalized spacial score (nSPS) is 18.2. The van der Waals surface area contributed by atoms with Gasteiger partial charge in [0.1, 0.15) is 5.58 Å². The summed E-state index contributed by atoms with van der Waals surface area (Å²) in [7, 11) is 1.26. The number of fused-ring (bicyclic) bond motifs is 1. The van der Waals surface area contributed by atoms with Gasteiger partial charge in [-0.05, 0) is 41.5 Å². The molecule has 3 aromatic rings. The van der Waals surface area contributed by atoms with E-state index in [2.05, 4.69) is 15.8 Å². The molecular weight excluding hydrogens is 408 g/mol. The highest BCUT2D eigenvalue weighted by atomic mass is 35.5. The van der Waals surface area contributed by atoms with Gasteiger partial charge in [-0.1, -0.05) is 23.7 Å². The van der Waals surface area contributed by atoms with E-state index in [9.17, 15) is 9.59 Å². The Morgan fingerprint density at radius 2 is 2.00 bits per heavy atom. The quantitative estimate of drug-likeness (QED) is 0.492. The number of hydrazine groups is 1. The fourth-order valence-electron chi connectivity index (χ4n) is 3.36. The first-order valence-electron chi connectivity index (χ1n) is 8.91. The molecule has 9 heteroatoms. The van der Waals surface area contributed by atoms with Crippen molar-refractivity contribution < 1.29 is 13.9 Å². The van der Waals surface area contributed by atoms with E-state index in [-0.39, 0.29) is 11.4 Å². The average Bonchev–Trinajstić information content (AvgIpc) is 2.77. The van der Waals surface area contributed by atoms with Gasteiger partial charge >= 0.3 is 11.6 Å². The van der Waals surface area contributed by atoms with Crippen LogP contribution in [0.2, 0.25) is 5.02 Å². The van der Waals surface area contributed by atoms with Crippen LogP contribution in [0.15, 0.2) is 62.7 Å². The van der Waals surface area contributed by atoms with Crippen LogP contribution in [0.3, 0.4) is 0 Å². The minimum Gasteiger partial charge on any atom is -0.463 e. The van der Waals surface area contributed by atoms with Crippen molar-refractivity contribution in [2.45, 2.75) is 12.1 Å². The molecule has 2 heterocycles. The van der Waals surface area contributed by atoms with Gasteiger partial charge in [-0.25, -0.2) is 15.0 Å². The third-order valence-electron chi connectivity index (χ3n) is 4.76. The summed E-state index contributed by atoms with van der Waals surface area (Å²) in [5.74, 6) is -0.622. The Morgan fingerprint density at radius 1 is 1.23 bits per heavy atom. The first-order valence-corrected chi connectivity index (χ1v) is 9.29. The van der Waals surface area contributed by atoms with Crippen LogP contribution >= 0.6 is 11.6 Å². The first-order chi connectivity index (χ1) is 14.5. The second-order valence-electron chi connectivity index (χ2n) is 6.56. The molecule has 30 heavy (non-hydrogen) atoms. The number of nitriles is 1. The topological polar surface area (TPSA) is 117 Å². The molecule has 1 aromatic heterocycles. The highest BCUT2D eigenvalue weighted by molar-refractivity contribution is 6.35. The van der Waals surface area contributed by atoms with Crippen LogP contribution < -0.4 is 16.5 Å². The zero-order chi connectivity index (χ0) is 21.3. The van der Waals surface area contributed by atoms with Crippen LogP contribution in [0.4, 0.5) is 0 Å². The van der Waals surface area contributed by atoms with Crippen molar-refractivity contribution in [1.82, 2.24) is 10.9 Å². The number of amidine groups is 1. The zero-order valence-corrected chi connectivity index (χ0v) is 16.4. The minimum absolute atomic E-state index is 0.00716. The Morgan fingerprint density at radius 3 is 2.70 bits per heavy atom. The summed E-state index contributed by atoms with van der Waals surface area (Å²) in [4.78, 5) is 28.8. The molecule has 0 bridgehead atoms. The van der Waals surface area contributed by atoms with Gasteiger partial charge in [0.2, 0.25) is 5.84 Å². The van der Waals surface area contributed by atoms with E-state index in [4.69, 9.17) is 26.0 Å². The molecule has 0 fully saturated rings. The molecule has 2 unspecified atom stereocenters. The summed E-state index contributed by atoms with van der Waals surface area (Å²) in [6.45, 7) is 0. The Bertz CT molecular complexity index is 1260. The molecule has 0 radical (unpaired) electrons. The smallest absolute Gasteiger partial charge is 0.374 e. The lowest BCUT2D eigenvalue weighted by Crippen LogP contribution is -2.49. The third-order valence-corrected chi connectivity index (χ3v) is 5.01. The molecule has 2 atom stereocenters. The largest absolute Gasteiger partial charge is 0.463 e. The third kappa shape index (κ3) is 3.64. The Kier molecular flexibility index (Phi) is 5.23. The van der Waals surface area contributed by atoms with Crippen molar-refractivity contribution in [3.8, 4) is 6.07 Å². The molecule has 8 nitrogen and oxygen atoms in total. The molecule has 0 aliphatic carbocycles. The molecule has 2 N–H and O–H groups in total. The summed E-state index contributed by atoms with van der Waals surface area (Å²) in [6.07, 6.45) is 0. The van der Waals surface area contributed by atoms with Crippen LogP contribution in [0.5, 0.6) is 0 Å². The number of methoxy groups -OCH3 is 1. The lowest BCUT2D eigenvalue weighted by molar-refractivity contribution is -0.133. The first kappa shape index (κ1) is 19.6. The van der Waals surface area contributed by atoms with Gasteiger partial charge in [0.05, 0.1) is 30.8 Å². The summed E-state index contributed by atoms with van der Waals surface area (Å²) in [5.41, 5.74) is 7.28. The van der Waals surface area contributed by atoms with Gasteiger partial charge in [0.15, 0.2) is 0 Å². The van der Waals surface area contributed by atoms with Gasteiger partial charge in [-0.15, -0.1) is 0 Å². The number of hydrogen-bond donors (Lipinski definition) is 2. The van der Waals surface area contributed by atoms with Crippen molar-refractivity contribution in [3.63, 3.8) is 0 Å². The zero-order valence-electron chi connectivity index (χ0n) is 15.7. The van der Waals surface area contributed by atoms with Crippen LogP contribution in [0.1, 0.15) is 28.8 Å². The Hall–Kier alpha value is -3.67. The number of nitrogens with zero attached hydrogens (tertiary/aromatic N) is 2. The van der Waals surface area contributed by atoms with Crippen LogP contribution in [0, 0.1) is 11.3 Å². The number of benzene rings is 2. The van der Waals surface area contributed by atoms with Crippen LogP contribution in [-0.4, -0.2) is 18.9 Å². The number of rotatable bonds is 3. The number of nitrogens with one attached hydrogen (secondary N) is 2. The van der Waals surface area contributed by atoms with Crippen molar-refractivity contribution in [2.24, 2.45) is 4.99 Å². The van der Waals surface area contributed by atoms with Gasteiger partial charge < -0.3 is 9.15 Å². The van der Waals surface area contributed by atoms with Crippen molar-refractivity contribution in [2.75, 3.05) is 7.11 Å². The predicted octanol–water partition coefficient (Wildman–Crippen LogP) is 2.78. The molecule has 0 saturated heterocycles. The number of carbonyl (C=O) groups excluding carboxylic acids is 1. The fraction of sp³-hybridized carbons (Fsp3) is 0.143. The molecule has 1 aliphatic rings. The van der Waals surface area contributed by atoms with E-state index in [0.717, 1.165) is 5.56 Å². The van der Waals surface area contributed by atoms with E-state index < -0.39 is 23.7 Å². The molecule has 4 rings (SSSR count). The highest BCUT2D eigenvalue weighted by Gasteiger charge is 2.32. The van der Waals surface area contributed by atoms with Gasteiger partial charge in [0.25, 0.3) is 0 Å². The fourth-order valence-corrected chi connectivity index (χ4v) is 3.49. The van der Waals surface area contributed by atoms with E-state index in [1.165, 1.54) is 19.2 Å². The van der Waals surface area contributed by atoms with Crippen LogP contribution in [0.25, 0.3) is 11.0 Å². The number of esters is 1. The highest BCUT2D eigenvalue weighted by Crippen LogP contribution is 2.37. The average molecular weight is 423 g/mol. The molecule has 0 spiro atoms. The van der Waals surface area contributed by atoms with Gasteiger partial charge in [-0.3, -0.25) is 10.4 Å². The minimum atomic E-state index is -0.629. The number of carbonyl (C=O) groups is 1. The van der Waals surface area contributed by atoms with E-state index in [1.54, 1.807) is 36.4 Å². The molecule has 1 aliphatic heterocycles. The lowest BCUT2D eigenvalue weighted by Gasteiger charge is -2.31. The maximum atomic E-state index is 12.2. The number of halogens is 1. The number of aliphatic imine (C=N–C) groups is 1. The second-order valence-corrected chi connectivity index (χ2v) is 6.99. The number of hydrogen-bond acceptors (Lipinski definition) is 8. The maximum Gasteiger partial charge on any atom is 0.374 e. The summed E-state index contributed by atoms with van der Waals surface area (Å²) in [6, 6.07) is 14.2. The lowest BCUT2D eigenvalue weighted by atomic mass is 9.91. The Balaban J connectivity index is 1.89. The summed E-state index contributed by atoms with van der Waals surface area (Å²) >= 11 is 6.02. The molecular formula is C21H15ClN4O4. The Labute approximate surface area is 175 Å².